The highest BCUT2D eigenvalue weighted by Crippen LogP contribution is 2.39. The van der Waals surface area contributed by atoms with Gasteiger partial charge < -0.3 is 10.6 Å². The maximum Gasteiger partial charge on any atom is 0.186 e. The van der Waals surface area contributed by atoms with E-state index in [-0.39, 0.29) is 0 Å². The van der Waals surface area contributed by atoms with Crippen LogP contribution in [0.3, 0.4) is 0 Å². The molecule has 1 unspecified atom stereocenters. The molecule has 3 nitrogen and oxygen atoms in total. The van der Waals surface area contributed by atoms with E-state index >= 15 is 0 Å². The van der Waals surface area contributed by atoms with E-state index in [0.717, 1.165) is 22.3 Å². The highest BCUT2D eigenvalue weighted by atomic mass is 32.1. The lowest BCUT2D eigenvalue weighted by Gasteiger charge is -2.23. The molecule has 0 radical (unpaired) electrons. The lowest BCUT2D eigenvalue weighted by molar-refractivity contribution is 0.608. The Morgan fingerprint density at radius 3 is 2.65 bits per heavy atom. The van der Waals surface area contributed by atoms with Crippen molar-refractivity contribution in [3.8, 4) is 11.3 Å². The Morgan fingerprint density at radius 2 is 2.05 bits per heavy atom. The lowest BCUT2D eigenvalue weighted by Crippen LogP contribution is -2.30. The Hall–Kier alpha value is -1.39. The first-order valence-electron chi connectivity index (χ1n) is 7.18. The topological polar surface area (TPSA) is 42.2 Å². The Bertz CT molecular complexity index is 575. The van der Waals surface area contributed by atoms with E-state index in [4.69, 9.17) is 10.7 Å². The van der Waals surface area contributed by atoms with Gasteiger partial charge in [-0.1, -0.05) is 41.7 Å². The third kappa shape index (κ3) is 2.58. The number of benzene rings is 1. The standard InChI is InChI=1S/C16H21N3S/c1-11(12-8-9-12)19(2)16-18-15(14(10-17)20-16)13-6-4-3-5-7-13/h3-7,11-12H,8-10,17H2,1-2H3. The fourth-order valence-corrected chi connectivity index (χ4v) is 3.53. The lowest BCUT2D eigenvalue weighted by atomic mass is 10.1. The Balaban J connectivity index is 1.92. The van der Waals surface area contributed by atoms with E-state index in [2.05, 4.69) is 31.0 Å². The number of anilines is 1. The second-order valence-corrected chi connectivity index (χ2v) is 6.59. The van der Waals surface area contributed by atoms with Gasteiger partial charge in [0.15, 0.2) is 5.13 Å². The van der Waals surface area contributed by atoms with Gasteiger partial charge in [0.05, 0.1) is 5.69 Å². The minimum absolute atomic E-state index is 0.549. The molecule has 3 rings (SSSR count). The van der Waals surface area contributed by atoms with E-state index in [1.807, 2.05) is 18.2 Å². The van der Waals surface area contributed by atoms with Gasteiger partial charge in [0.2, 0.25) is 0 Å². The third-order valence-electron chi connectivity index (χ3n) is 4.14. The molecule has 1 saturated carbocycles. The molecule has 0 spiro atoms. The largest absolute Gasteiger partial charge is 0.348 e. The molecule has 20 heavy (non-hydrogen) atoms. The van der Waals surface area contributed by atoms with Crippen LogP contribution in [0.15, 0.2) is 30.3 Å². The molecule has 106 valence electrons. The van der Waals surface area contributed by atoms with Crippen LogP contribution < -0.4 is 10.6 Å². The Labute approximate surface area is 124 Å². The van der Waals surface area contributed by atoms with Crippen molar-refractivity contribution >= 4 is 16.5 Å². The summed E-state index contributed by atoms with van der Waals surface area (Å²) in [5.41, 5.74) is 8.10. The molecule has 2 aromatic rings. The van der Waals surface area contributed by atoms with E-state index in [9.17, 15) is 0 Å². The van der Waals surface area contributed by atoms with Gasteiger partial charge in [0.25, 0.3) is 0 Å². The van der Waals surface area contributed by atoms with Crippen molar-refractivity contribution in [2.24, 2.45) is 11.7 Å². The maximum atomic E-state index is 5.90. The summed E-state index contributed by atoms with van der Waals surface area (Å²) in [5, 5.41) is 1.09. The van der Waals surface area contributed by atoms with Crippen LogP contribution >= 0.6 is 11.3 Å². The molecule has 1 atom stereocenters. The molecule has 1 heterocycles. The number of hydrogen-bond donors (Lipinski definition) is 1. The SMILES string of the molecule is CC(C1CC1)N(C)c1nc(-c2ccccc2)c(CN)s1. The monoisotopic (exact) mass is 287 g/mol. The number of thiazole rings is 1. The summed E-state index contributed by atoms with van der Waals surface area (Å²) in [5.74, 6) is 0.838. The van der Waals surface area contributed by atoms with Crippen LogP contribution in [0.2, 0.25) is 0 Å². The summed E-state index contributed by atoms with van der Waals surface area (Å²) in [6.45, 7) is 2.84. The van der Waals surface area contributed by atoms with Gasteiger partial charge in [-0.3, -0.25) is 0 Å². The van der Waals surface area contributed by atoms with Gasteiger partial charge in [-0.2, -0.15) is 0 Å². The second kappa shape index (κ2) is 5.54. The van der Waals surface area contributed by atoms with Crippen molar-refractivity contribution in [3.63, 3.8) is 0 Å². The van der Waals surface area contributed by atoms with Crippen LogP contribution in [0, 0.1) is 5.92 Å². The maximum absolute atomic E-state index is 5.90. The Kier molecular flexibility index (Phi) is 3.76. The molecular formula is C16H21N3S. The molecule has 4 heteroatoms. The number of aromatic nitrogens is 1. The number of hydrogen-bond acceptors (Lipinski definition) is 4. The summed E-state index contributed by atoms with van der Waals surface area (Å²) in [6, 6.07) is 10.9. The van der Waals surface area contributed by atoms with Crippen molar-refractivity contribution in [3.05, 3.63) is 35.2 Å². The molecule has 0 bridgehead atoms. The summed E-state index contributed by atoms with van der Waals surface area (Å²) >= 11 is 1.73. The highest BCUT2D eigenvalue weighted by Gasteiger charge is 2.31. The third-order valence-corrected chi connectivity index (χ3v) is 5.30. The molecule has 1 fully saturated rings. The first-order valence-corrected chi connectivity index (χ1v) is 8.00. The fourth-order valence-electron chi connectivity index (χ4n) is 2.52. The molecule has 1 aliphatic rings. The molecule has 1 aromatic carbocycles. The van der Waals surface area contributed by atoms with Gasteiger partial charge in [-0.15, -0.1) is 0 Å². The summed E-state index contributed by atoms with van der Waals surface area (Å²) in [4.78, 5) is 8.33. The number of nitrogens with zero attached hydrogens (tertiary/aromatic N) is 2. The second-order valence-electron chi connectivity index (χ2n) is 5.53. The van der Waals surface area contributed by atoms with Crippen LogP contribution in [0.4, 0.5) is 5.13 Å². The van der Waals surface area contributed by atoms with Crippen LogP contribution in [0.25, 0.3) is 11.3 Å². The molecule has 0 saturated heterocycles. The molecular weight excluding hydrogens is 266 g/mol. The highest BCUT2D eigenvalue weighted by molar-refractivity contribution is 7.16. The average molecular weight is 287 g/mol. The van der Waals surface area contributed by atoms with Crippen LogP contribution in [0.5, 0.6) is 0 Å². The zero-order chi connectivity index (χ0) is 14.1. The van der Waals surface area contributed by atoms with Gasteiger partial charge in [-0.25, -0.2) is 4.98 Å². The van der Waals surface area contributed by atoms with Crippen molar-refractivity contribution < 1.29 is 0 Å². The van der Waals surface area contributed by atoms with Gasteiger partial charge in [0.1, 0.15) is 0 Å². The minimum atomic E-state index is 0.549. The summed E-state index contributed by atoms with van der Waals surface area (Å²) in [7, 11) is 2.15. The molecule has 1 aliphatic carbocycles. The van der Waals surface area contributed by atoms with E-state index in [1.54, 1.807) is 11.3 Å². The van der Waals surface area contributed by atoms with Crippen molar-refractivity contribution in [2.45, 2.75) is 32.4 Å². The predicted molar refractivity (Wildman–Crippen MR) is 86.0 cm³/mol. The summed E-state index contributed by atoms with van der Waals surface area (Å²) < 4.78 is 0. The van der Waals surface area contributed by atoms with Gasteiger partial charge >= 0.3 is 0 Å². The quantitative estimate of drug-likeness (QED) is 0.915. The average Bonchev–Trinajstić information content (AvgIpc) is 3.25. The number of rotatable bonds is 5. The van der Waals surface area contributed by atoms with E-state index < -0.39 is 0 Å². The fraction of sp³-hybridized carbons (Fsp3) is 0.438. The van der Waals surface area contributed by atoms with Crippen molar-refractivity contribution in [1.29, 1.82) is 0 Å². The smallest absolute Gasteiger partial charge is 0.186 e. The molecule has 0 amide bonds. The zero-order valence-electron chi connectivity index (χ0n) is 12.0. The first kappa shape index (κ1) is 13.6. The minimum Gasteiger partial charge on any atom is -0.348 e. The van der Waals surface area contributed by atoms with E-state index in [1.165, 1.54) is 17.7 Å². The summed E-state index contributed by atoms with van der Waals surface area (Å²) in [6.07, 6.45) is 2.71. The number of nitrogens with two attached hydrogens (primary N) is 1. The molecule has 0 aliphatic heterocycles. The molecule has 1 aromatic heterocycles. The van der Waals surface area contributed by atoms with Gasteiger partial charge in [0, 0.05) is 30.1 Å². The normalized spacial score (nSPS) is 16.1. The van der Waals surface area contributed by atoms with Crippen LogP contribution in [0.1, 0.15) is 24.6 Å². The van der Waals surface area contributed by atoms with Crippen LogP contribution in [-0.4, -0.2) is 18.1 Å². The predicted octanol–water partition coefficient (Wildman–Crippen LogP) is 3.50. The van der Waals surface area contributed by atoms with Crippen molar-refractivity contribution in [1.82, 2.24) is 4.98 Å². The Morgan fingerprint density at radius 1 is 1.35 bits per heavy atom. The zero-order valence-corrected chi connectivity index (χ0v) is 12.9. The van der Waals surface area contributed by atoms with Crippen LogP contribution in [-0.2, 0) is 6.54 Å². The van der Waals surface area contributed by atoms with Crippen molar-refractivity contribution in [2.75, 3.05) is 11.9 Å². The van der Waals surface area contributed by atoms with Gasteiger partial charge in [-0.05, 0) is 25.7 Å². The first-order chi connectivity index (χ1) is 9.70. The van der Waals surface area contributed by atoms with E-state index in [0.29, 0.717) is 12.6 Å². The molecule has 2 N–H and O–H groups in total.